The monoisotopic (exact) mass is 204 g/mol. The molecular weight excluding hydrogens is 184 g/mol. The van der Waals surface area contributed by atoms with Crippen LogP contribution in [0.4, 0.5) is 0 Å². The first-order valence-corrected chi connectivity index (χ1v) is 5.52. The minimum Gasteiger partial charge on any atom is -0.386 e. The van der Waals surface area contributed by atoms with Crippen LogP contribution in [0.3, 0.4) is 0 Å². The van der Waals surface area contributed by atoms with Crippen LogP contribution in [0, 0.1) is 0 Å². The lowest BCUT2D eigenvalue weighted by molar-refractivity contribution is 0.133. The van der Waals surface area contributed by atoms with E-state index in [-0.39, 0.29) is 0 Å². The molecule has 1 aromatic carbocycles. The molecule has 0 aromatic heterocycles. The van der Waals surface area contributed by atoms with Gasteiger partial charge in [0.25, 0.3) is 0 Å². The smallest absolute Gasteiger partial charge is 0.0771 e. The SMILES string of the molecule is CC(C)(O)/C=C/CCCc1ccccc1. The second-order valence-electron chi connectivity index (χ2n) is 4.43. The van der Waals surface area contributed by atoms with Gasteiger partial charge >= 0.3 is 0 Å². The Morgan fingerprint density at radius 1 is 1.20 bits per heavy atom. The molecule has 0 aliphatic heterocycles. The predicted octanol–water partition coefficient (Wildman–Crippen LogP) is 3.34. The molecule has 1 rings (SSSR count). The summed E-state index contributed by atoms with van der Waals surface area (Å²) in [6.07, 6.45) is 7.19. The minimum absolute atomic E-state index is 0.674. The molecule has 1 heteroatoms. The molecule has 0 aliphatic rings. The minimum atomic E-state index is -0.674. The van der Waals surface area contributed by atoms with Gasteiger partial charge in [0.05, 0.1) is 5.60 Å². The number of allylic oxidation sites excluding steroid dienone is 1. The van der Waals surface area contributed by atoms with E-state index in [1.165, 1.54) is 5.56 Å². The van der Waals surface area contributed by atoms with Crippen molar-refractivity contribution in [2.45, 2.75) is 38.7 Å². The molecule has 0 bridgehead atoms. The van der Waals surface area contributed by atoms with Gasteiger partial charge in [-0.15, -0.1) is 0 Å². The molecule has 0 fully saturated rings. The predicted molar refractivity (Wildman–Crippen MR) is 64.8 cm³/mol. The van der Waals surface area contributed by atoms with E-state index in [4.69, 9.17) is 0 Å². The average Bonchev–Trinajstić information content (AvgIpc) is 2.17. The van der Waals surface area contributed by atoms with Gasteiger partial charge in [0, 0.05) is 0 Å². The third-order valence-corrected chi connectivity index (χ3v) is 2.20. The summed E-state index contributed by atoms with van der Waals surface area (Å²) in [5.41, 5.74) is 0.710. The van der Waals surface area contributed by atoms with Gasteiger partial charge in [-0.25, -0.2) is 0 Å². The van der Waals surface area contributed by atoms with Crippen molar-refractivity contribution in [3.63, 3.8) is 0 Å². The molecule has 15 heavy (non-hydrogen) atoms. The molecule has 0 aliphatic carbocycles. The Labute approximate surface area is 92.5 Å². The first kappa shape index (κ1) is 12.0. The molecule has 0 heterocycles. The van der Waals surface area contributed by atoms with E-state index in [1.807, 2.05) is 12.1 Å². The Bertz CT molecular complexity index is 293. The van der Waals surface area contributed by atoms with Crippen molar-refractivity contribution in [3.05, 3.63) is 48.0 Å². The van der Waals surface area contributed by atoms with Crippen LogP contribution in [-0.2, 0) is 6.42 Å². The Balaban J connectivity index is 2.21. The number of rotatable bonds is 5. The van der Waals surface area contributed by atoms with Crippen molar-refractivity contribution in [1.29, 1.82) is 0 Å². The van der Waals surface area contributed by atoms with Gasteiger partial charge in [-0.05, 0) is 38.7 Å². The fourth-order valence-corrected chi connectivity index (χ4v) is 1.44. The summed E-state index contributed by atoms with van der Waals surface area (Å²) < 4.78 is 0. The first-order chi connectivity index (χ1) is 7.08. The zero-order valence-corrected chi connectivity index (χ0v) is 9.61. The zero-order valence-electron chi connectivity index (χ0n) is 9.61. The van der Waals surface area contributed by atoms with Gasteiger partial charge < -0.3 is 5.11 Å². The van der Waals surface area contributed by atoms with Crippen molar-refractivity contribution >= 4 is 0 Å². The van der Waals surface area contributed by atoms with Crippen molar-refractivity contribution in [2.75, 3.05) is 0 Å². The van der Waals surface area contributed by atoms with Crippen LogP contribution >= 0.6 is 0 Å². The summed E-state index contributed by atoms with van der Waals surface area (Å²) in [7, 11) is 0. The standard InChI is InChI=1S/C14H20O/c1-14(2,15)12-8-4-7-11-13-9-5-3-6-10-13/h3,5-6,8-10,12,15H,4,7,11H2,1-2H3/b12-8+. The molecular formula is C14H20O. The lowest BCUT2D eigenvalue weighted by atomic mass is 10.1. The van der Waals surface area contributed by atoms with E-state index in [9.17, 15) is 5.11 Å². The van der Waals surface area contributed by atoms with E-state index in [0.29, 0.717) is 0 Å². The van der Waals surface area contributed by atoms with Gasteiger partial charge in [0.2, 0.25) is 0 Å². The molecule has 0 amide bonds. The maximum Gasteiger partial charge on any atom is 0.0771 e. The number of unbranched alkanes of at least 4 members (excludes halogenated alkanes) is 1. The molecule has 1 nitrogen and oxygen atoms in total. The summed E-state index contributed by atoms with van der Waals surface area (Å²) in [6.45, 7) is 3.58. The molecule has 1 N–H and O–H groups in total. The number of aliphatic hydroxyl groups is 1. The van der Waals surface area contributed by atoms with Crippen molar-refractivity contribution < 1.29 is 5.11 Å². The Morgan fingerprint density at radius 2 is 1.87 bits per heavy atom. The van der Waals surface area contributed by atoms with E-state index in [1.54, 1.807) is 13.8 Å². The fraction of sp³-hybridized carbons (Fsp3) is 0.429. The summed E-state index contributed by atoms with van der Waals surface area (Å²) in [6, 6.07) is 10.5. The molecule has 0 spiro atoms. The van der Waals surface area contributed by atoms with Gasteiger partial charge in [-0.1, -0.05) is 42.5 Å². The third kappa shape index (κ3) is 6.08. The lowest BCUT2D eigenvalue weighted by Crippen LogP contribution is -2.13. The summed E-state index contributed by atoms with van der Waals surface area (Å²) >= 11 is 0. The van der Waals surface area contributed by atoms with Crippen LogP contribution in [-0.4, -0.2) is 10.7 Å². The third-order valence-electron chi connectivity index (χ3n) is 2.20. The fourth-order valence-electron chi connectivity index (χ4n) is 1.44. The van der Waals surface area contributed by atoms with Crippen LogP contribution in [0.2, 0.25) is 0 Å². The number of hydrogen-bond acceptors (Lipinski definition) is 1. The van der Waals surface area contributed by atoms with Crippen LogP contribution < -0.4 is 0 Å². The highest BCUT2D eigenvalue weighted by Crippen LogP contribution is 2.07. The Kier molecular flexibility index (Phi) is 4.57. The lowest BCUT2D eigenvalue weighted by Gasteiger charge is -2.09. The maximum atomic E-state index is 9.45. The van der Waals surface area contributed by atoms with Gasteiger partial charge in [-0.3, -0.25) is 0 Å². The molecule has 0 radical (unpaired) electrons. The molecule has 0 unspecified atom stereocenters. The Morgan fingerprint density at radius 3 is 2.47 bits per heavy atom. The van der Waals surface area contributed by atoms with Crippen molar-refractivity contribution in [3.8, 4) is 0 Å². The Hall–Kier alpha value is -1.08. The van der Waals surface area contributed by atoms with Gasteiger partial charge in [-0.2, -0.15) is 0 Å². The van der Waals surface area contributed by atoms with E-state index < -0.39 is 5.60 Å². The first-order valence-electron chi connectivity index (χ1n) is 5.52. The molecule has 0 atom stereocenters. The van der Waals surface area contributed by atoms with Crippen LogP contribution in [0.5, 0.6) is 0 Å². The highest BCUT2D eigenvalue weighted by molar-refractivity contribution is 5.14. The zero-order chi connectivity index (χ0) is 11.1. The highest BCUT2D eigenvalue weighted by Gasteiger charge is 2.04. The second-order valence-corrected chi connectivity index (χ2v) is 4.43. The summed E-state index contributed by atoms with van der Waals surface area (Å²) in [5.74, 6) is 0. The molecule has 0 saturated carbocycles. The van der Waals surface area contributed by atoms with Crippen molar-refractivity contribution in [2.24, 2.45) is 0 Å². The van der Waals surface area contributed by atoms with Gasteiger partial charge in [0.15, 0.2) is 0 Å². The molecule has 0 saturated heterocycles. The van der Waals surface area contributed by atoms with E-state index in [0.717, 1.165) is 19.3 Å². The van der Waals surface area contributed by atoms with Crippen molar-refractivity contribution in [1.82, 2.24) is 0 Å². The maximum absolute atomic E-state index is 9.45. The van der Waals surface area contributed by atoms with Gasteiger partial charge in [0.1, 0.15) is 0 Å². The van der Waals surface area contributed by atoms with Crippen LogP contribution in [0.15, 0.2) is 42.5 Å². The number of hydrogen-bond donors (Lipinski definition) is 1. The highest BCUT2D eigenvalue weighted by atomic mass is 16.3. The van der Waals surface area contributed by atoms with Crippen LogP contribution in [0.25, 0.3) is 0 Å². The molecule has 82 valence electrons. The topological polar surface area (TPSA) is 20.2 Å². The normalized spacial score (nSPS) is 12.2. The average molecular weight is 204 g/mol. The molecule has 1 aromatic rings. The second kappa shape index (κ2) is 5.72. The number of benzene rings is 1. The van der Waals surface area contributed by atoms with E-state index >= 15 is 0 Å². The van der Waals surface area contributed by atoms with Crippen LogP contribution in [0.1, 0.15) is 32.3 Å². The largest absolute Gasteiger partial charge is 0.386 e. The summed E-state index contributed by atoms with van der Waals surface area (Å²) in [4.78, 5) is 0. The quantitative estimate of drug-likeness (QED) is 0.576. The van der Waals surface area contributed by atoms with E-state index in [2.05, 4.69) is 30.3 Å². The summed E-state index contributed by atoms with van der Waals surface area (Å²) in [5, 5.41) is 9.45. The number of aryl methyl sites for hydroxylation is 1.